The summed E-state index contributed by atoms with van der Waals surface area (Å²) < 4.78 is 16.3. The quantitative estimate of drug-likeness (QED) is 0.170. The summed E-state index contributed by atoms with van der Waals surface area (Å²) in [5, 5.41) is 0. The van der Waals surface area contributed by atoms with Crippen molar-refractivity contribution in [1.29, 1.82) is 0 Å². The second-order valence-electron chi connectivity index (χ2n) is 8.01. The minimum Gasteiger partial charge on any atom is -0.491 e. The summed E-state index contributed by atoms with van der Waals surface area (Å²) in [5.74, 6) is 0.753. The number of benzene rings is 1. The smallest absolute Gasteiger partial charge is 0.305 e. The van der Waals surface area contributed by atoms with E-state index in [-0.39, 0.29) is 5.97 Å². The highest BCUT2D eigenvalue weighted by molar-refractivity contribution is 5.69. The van der Waals surface area contributed by atoms with Crippen LogP contribution in [0.2, 0.25) is 0 Å². The summed E-state index contributed by atoms with van der Waals surface area (Å²) in [4.78, 5) is 11.5. The highest BCUT2D eigenvalue weighted by atomic mass is 16.6. The molecule has 1 rings (SSSR count). The van der Waals surface area contributed by atoms with Crippen molar-refractivity contribution < 1.29 is 19.0 Å². The third-order valence-corrected chi connectivity index (χ3v) is 5.21. The monoisotopic (exact) mass is 420 g/mol. The summed E-state index contributed by atoms with van der Waals surface area (Å²) in [5.41, 5.74) is 1.38. The Morgan fingerprint density at radius 1 is 0.700 bits per heavy atom. The van der Waals surface area contributed by atoms with Crippen LogP contribution in [0.15, 0.2) is 24.3 Å². The van der Waals surface area contributed by atoms with Gasteiger partial charge in [-0.1, -0.05) is 83.8 Å². The number of esters is 1. The average molecular weight is 421 g/mol. The standard InChI is InChI=1S/C26H44O4/c1-3-5-7-9-10-11-12-14-24-16-18-25(19-17-24)29-22-20-28-21-23-30-26(27)15-13-8-6-4-2/h16-19H,3-15,20-23H2,1-2H3. The van der Waals surface area contributed by atoms with Crippen LogP contribution in [0, 0.1) is 0 Å². The Balaban J connectivity index is 1.96. The van der Waals surface area contributed by atoms with Gasteiger partial charge in [-0.15, -0.1) is 0 Å². The van der Waals surface area contributed by atoms with Gasteiger partial charge in [0.05, 0.1) is 13.2 Å². The first-order valence-electron chi connectivity index (χ1n) is 12.2. The van der Waals surface area contributed by atoms with Gasteiger partial charge in [-0.05, 0) is 37.0 Å². The van der Waals surface area contributed by atoms with Gasteiger partial charge in [-0.3, -0.25) is 4.79 Å². The fraction of sp³-hybridized carbons (Fsp3) is 0.731. The van der Waals surface area contributed by atoms with Crippen molar-refractivity contribution >= 4 is 5.97 Å². The Morgan fingerprint density at radius 2 is 1.30 bits per heavy atom. The second kappa shape index (κ2) is 19.4. The van der Waals surface area contributed by atoms with Crippen LogP contribution in [0.1, 0.15) is 96.5 Å². The van der Waals surface area contributed by atoms with Gasteiger partial charge >= 0.3 is 5.97 Å². The normalized spacial score (nSPS) is 10.9. The Labute approximate surface area is 184 Å². The molecule has 4 heteroatoms. The van der Waals surface area contributed by atoms with Crippen molar-refractivity contribution in [1.82, 2.24) is 0 Å². The molecule has 0 aliphatic rings. The molecule has 0 aliphatic heterocycles. The summed E-state index contributed by atoms with van der Waals surface area (Å²) in [6, 6.07) is 8.40. The van der Waals surface area contributed by atoms with Crippen molar-refractivity contribution in [3.05, 3.63) is 29.8 Å². The van der Waals surface area contributed by atoms with Crippen LogP contribution in [-0.2, 0) is 20.7 Å². The number of hydrogen-bond donors (Lipinski definition) is 0. The topological polar surface area (TPSA) is 44.8 Å². The van der Waals surface area contributed by atoms with Crippen molar-refractivity contribution in [3.63, 3.8) is 0 Å². The fourth-order valence-corrected chi connectivity index (χ4v) is 3.34. The van der Waals surface area contributed by atoms with E-state index in [0.29, 0.717) is 32.8 Å². The molecular formula is C26H44O4. The number of carbonyl (C=O) groups excluding carboxylic acids is 1. The molecule has 0 unspecified atom stereocenters. The van der Waals surface area contributed by atoms with Crippen LogP contribution in [0.4, 0.5) is 0 Å². The lowest BCUT2D eigenvalue weighted by molar-refractivity contribution is -0.145. The molecule has 0 saturated heterocycles. The predicted molar refractivity (Wildman–Crippen MR) is 124 cm³/mol. The van der Waals surface area contributed by atoms with E-state index in [4.69, 9.17) is 14.2 Å². The Hall–Kier alpha value is -1.55. The number of ether oxygens (including phenoxy) is 3. The van der Waals surface area contributed by atoms with Gasteiger partial charge in [0.25, 0.3) is 0 Å². The number of rotatable bonds is 20. The van der Waals surface area contributed by atoms with Gasteiger partial charge in [0.1, 0.15) is 19.0 Å². The SMILES string of the molecule is CCCCCCCCCc1ccc(OCCOCCOC(=O)CCCCCC)cc1. The molecule has 0 aromatic heterocycles. The molecule has 0 heterocycles. The highest BCUT2D eigenvalue weighted by Crippen LogP contribution is 2.15. The first-order valence-corrected chi connectivity index (χ1v) is 12.2. The predicted octanol–water partition coefficient (Wildman–Crippen LogP) is 6.89. The molecule has 172 valence electrons. The van der Waals surface area contributed by atoms with E-state index in [1.807, 2.05) is 12.1 Å². The Kier molecular flexibility index (Phi) is 17.1. The zero-order chi connectivity index (χ0) is 21.7. The van der Waals surface area contributed by atoms with Gasteiger partial charge < -0.3 is 14.2 Å². The summed E-state index contributed by atoms with van der Waals surface area (Å²) in [6.45, 7) is 6.15. The molecule has 4 nitrogen and oxygen atoms in total. The van der Waals surface area contributed by atoms with Crippen LogP contribution in [0.25, 0.3) is 0 Å². The molecule has 0 fully saturated rings. The van der Waals surface area contributed by atoms with Crippen LogP contribution < -0.4 is 4.74 Å². The van der Waals surface area contributed by atoms with Crippen molar-refractivity contribution in [2.45, 2.75) is 97.3 Å². The molecule has 30 heavy (non-hydrogen) atoms. The summed E-state index contributed by atoms with van der Waals surface area (Å²) in [7, 11) is 0. The van der Waals surface area contributed by atoms with Crippen LogP contribution >= 0.6 is 0 Å². The Bertz CT molecular complexity index is 512. The number of carbonyl (C=O) groups is 1. The van der Waals surface area contributed by atoms with Crippen molar-refractivity contribution in [3.8, 4) is 5.75 Å². The lowest BCUT2D eigenvalue weighted by atomic mass is 10.0. The maximum Gasteiger partial charge on any atom is 0.305 e. The third-order valence-electron chi connectivity index (χ3n) is 5.21. The molecule has 0 saturated carbocycles. The minimum atomic E-state index is -0.123. The lowest BCUT2D eigenvalue weighted by Gasteiger charge is -2.09. The highest BCUT2D eigenvalue weighted by Gasteiger charge is 2.02. The van der Waals surface area contributed by atoms with E-state index < -0.39 is 0 Å². The molecule has 0 atom stereocenters. The van der Waals surface area contributed by atoms with Gasteiger partial charge in [-0.2, -0.15) is 0 Å². The third kappa shape index (κ3) is 15.3. The van der Waals surface area contributed by atoms with E-state index in [1.165, 1.54) is 63.4 Å². The van der Waals surface area contributed by atoms with Gasteiger partial charge in [0, 0.05) is 6.42 Å². The molecule has 0 radical (unpaired) electrons. The van der Waals surface area contributed by atoms with E-state index in [9.17, 15) is 4.79 Å². The minimum absolute atomic E-state index is 0.123. The Morgan fingerprint density at radius 3 is 2.00 bits per heavy atom. The van der Waals surface area contributed by atoms with Gasteiger partial charge in [0.15, 0.2) is 0 Å². The first-order chi connectivity index (χ1) is 14.8. The van der Waals surface area contributed by atoms with Crippen molar-refractivity contribution in [2.24, 2.45) is 0 Å². The van der Waals surface area contributed by atoms with Crippen LogP contribution in [0.3, 0.4) is 0 Å². The first kappa shape index (κ1) is 26.5. The molecule has 1 aromatic rings. The van der Waals surface area contributed by atoms with E-state index >= 15 is 0 Å². The molecule has 0 spiro atoms. The number of hydrogen-bond acceptors (Lipinski definition) is 4. The molecule has 0 N–H and O–H groups in total. The molecule has 0 aliphatic carbocycles. The molecule has 0 amide bonds. The molecular weight excluding hydrogens is 376 g/mol. The zero-order valence-electron chi connectivity index (χ0n) is 19.5. The van der Waals surface area contributed by atoms with Crippen LogP contribution in [-0.4, -0.2) is 32.4 Å². The number of aryl methyl sites for hydroxylation is 1. The fourth-order valence-electron chi connectivity index (χ4n) is 3.34. The van der Waals surface area contributed by atoms with Crippen molar-refractivity contribution in [2.75, 3.05) is 26.4 Å². The zero-order valence-corrected chi connectivity index (χ0v) is 19.5. The van der Waals surface area contributed by atoms with Gasteiger partial charge in [-0.25, -0.2) is 0 Å². The van der Waals surface area contributed by atoms with Gasteiger partial charge in [0.2, 0.25) is 0 Å². The van der Waals surface area contributed by atoms with E-state index in [1.54, 1.807) is 0 Å². The maximum atomic E-state index is 11.5. The summed E-state index contributed by atoms with van der Waals surface area (Å²) in [6.07, 6.45) is 15.4. The van der Waals surface area contributed by atoms with E-state index in [0.717, 1.165) is 25.0 Å². The molecule has 0 bridgehead atoms. The second-order valence-corrected chi connectivity index (χ2v) is 8.01. The molecule has 1 aromatic carbocycles. The average Bonchev–Trinajstić information content (AvgIpc) is 2.76. The number of unbranched alkanes of at least 4 members (excludes halogenated alkanes) is 9. The van der Waals surface area contributed by atoms with E-state index in [2.05, 4.69) is 26.0 Å². The van der Waals surface area contributed by atoms with Crippen LogP contribution in [0.5, 0.6) is 5.75 Å². The lowest BCUT2D eigenvalue weighted by Crippen LogP contribution is -2.13. The largest absolute Gasteiger partial charge is 0.491 e. The maximum absolute atomic E-state index is 11.5. The summed E-state index contributed by atoms with van der Waals surface area (Å²) >= 11 is 0.